The van der Waals surface area contributed by atoms with Gasteiger partial charge in [0.05, 0.1) is 23.6 Å². The average Bonchev–Trinajstić information content (AvgIpc) is 3.20. The molecule has 1 aliphatic carbocycles. The molecule has 8 nitrogen and oxygen atoms in total. The highest BCUT2D eigenvalue weighted by Crippen LogP contribution is 2.25. The molecule has 0 spiro atoms. The SMILES string of the molecule is O=c1c2c3nc4ccccc4nc3n(/N=C\c3cccnc3)c2ncn1CCC1=CCCCC1. The predicted molar refractivity (Wildman–Crippen MR) is 133 cm³/mol. The smallest absolute Gasteiger partial charge is 0.265 e. The van der Waals surface area contributed by atoms with Gasteiger partial charge in [0.1, 0.15) is 10.9 Å². The Bertz CT molecular complexity index is 1630. The van der Waals surface area contributed by atoms with E-state index in [1.54, 1.807) is 34.2 Å². The van der Waals surface area contributed by atoms with Crippen LogP contribution < -0.4 is 5.56 Å². The summed E-state index contributed by atoms with van der Waals surface area (Å²) in [6.45, 7) is 0.597. The van der Waals surface area contributed by atoms with Gasteiger partial charge in [0.2, 0.25) is 0 Å². The van der Waals surface area contributed by atoms with Gasteiger partial charge in [-0.05, 0) is 50.3 Å². The number of pyridine rings is 1. The first-order chi connectivity index (χ1) is 16.8. The van der Waals surface area contributed by atoms with Crippen LogP contribution in [0.1, 0.15) is 37.7 Å². The molecule has 4 heterocycles. The van der Waals surface area contributed by atoms with Crippen LogP contribution in [0, 0.1) is 0 Å². The Hall–Kier alpha value is -4.20. The van der Waals surface area contributed by atoms with Crippen LogP contribution in [-0.2, 0) is 6.54 Å². The van der Waals surface area contributed by atoms with Crippen molar-refractivity contribution >= 4 is 39.4 Å². The van der Waals surface area contributed by atoms with Gasteiger partial charge in [-0.15, -0.1) is 0 Å². The maximum absolute atomic E-state index is 13.6. The molecule has 0 radical (unpaired) electrons. The van der Waals surface area contributed by atoms with Gasteiger partial charge in [-0.1, -0.05) is 29.8 Å². The van der Waals surface area contributed by atoms with E-state index < -0.39 is 0 Å². The lowest BCUT2D eigenvalue weighted by Gasteiger charge is -2.13. The number of aromatic nitrogens is 6. The van der Waals surface area contributed by atoms with Crippen LogP contribution in [-0.4, -0.2) is 35.4 Å². The zero-order valence-corrected chi connectivity index (χ0v) is 18.6. The van der Waals surface area contributed by atoms with Gasteiger partial charge in [-0.3, -0.25) is 14.3 Å². The maximum Gasteiger partial charge on any atom is 0.265 e. The number of fused-ring (bicyclic) bond motifs is 4. The fourth-order valence-electron chi connectivity index (χ4n) is 4.50. The standard InChI is InChI=1S/C26H23N7O/c34-26-22-23-25(31-21-11-5-4-10-20(21)30-23)33(29-16-19-9-6-13-27-15-19)24(22)28-17-32(26)14-12-18-7-2-1-3-8-18/h4-7,9-11,13,15-17H,1-3,8,12,14H2/b29-16-. The second-order valence-electron chi connectivity index (χ2n) is 8.53. The first-order valence-corrected chi connectivity index (χ1v) is 11.6. The third-order valence-corrected chi connectivity index (χ3v) is 6.27. The number of allylic oxidation sites excluding steroid dienone is 2. The van der Waals surface area contributed by atoms with E-state index in [1.165, 1.54) is 18.4 Å². The minimum absolute atomic E-state index is 0.119. The molecule has 168 valence electrons. The van der Waals surface area contributed by atoms with Crippen LogP contribution in [0.25, 0.3) is 33.2 Å². The molecule has 34 heavy (non-hydrogen) atoms. The van der Waals surface area contributed by atoms with Crippen molar-refractivity contribution in [3.05, 3.63) is 82.7 Å². The highest BCUT2D eigenvalue weighted by atomic mass is 16.1. The van der Waals surface area contributed by atoms with Gasteiger partial charge in [0.15, 0.2) is 11.3 Å². The fraction of sp³-hybridized carbons (Fsp3) is 0.231. The minimum Gasteiger partial charge on any atom is -0.298 e. The molecule has 6 rings (SSSR count). The van der Waals surface area contributed by atoms with Crippen molar-refractivity contribution in [2.24, 2.45) is 5.10 Å². The van der Waals surface area contributed by atoms with E-state index in [0.29, 0.717) is 28.7 Å². The molecular formula is C26H23N7O. The normalized spacial score (nSPS) is 14.4. The molecule has 1 aliphatic rings. The quantitative estimate of drug-likeness (QED) is 0.292. The average molecular weight is 450 g/mol. The summed E-state index contributed by atoms with van der Waals surface area (Å²) in [5.41, 5.74) is 5.07. The zero-order chi connectivity index (χ0) is 22.9. The monoisotopic (exact) mass is 449 g/mol. The van der Waals surface area contributed by atoms with Crippen LogP contribution in [0.3, 0.4) is 0 Å². The number of para-hydroxylation sites is 2. The van der Waals surface area contributed by atoms with Crippen LogP contribution in [0.2, 0.25) is 0 Å². The summed E-state index contributed by atoms with van der Waals surface area (Å²) in [4.78, 5) is 32.0. The molecule has 0 amide bonds. The number of hydrogen-bond acceptors (Lipinski definition) is 6. The molecule has 0 saturated heterocycles. The first kappa shape index (κ1) is 20.4. The Morgan fingerprint density at radius 3 is 2.71 bits per heavy atom. The Morgan fingerprint density at radius 2 is 1.91 bits per heavy atom. The topological polar surface area (TPSA) is 90.8 Å². The van der Waals surface area contributed by atoms with Gasteiger partial charge in [0.25, 0.3) is 5.56 Å². The number of aryl methyl sites for hydroxylation is 1. The van der Waals surface area contributed by atoms with Gasteiger partial charge in [0, 0.05) is 24.5 Å². The molecule has 0 bridgehead atoms. The third kappa shape index (κ3) is 3.67. The molecule has 0 saturated carbocycles. The van der Waals surface area contributed by atoms with E-state index in [4.69, 9.17) is 9.97 Å². The summed E-state index contributed by atoms with van der Waals surface area (Å²) in [5, 5.41) is 5.06. The summed E-state index contributed by atoms with van der Waals surface area (Å²) in [7, 11) is 0. The van der Waals surface area contributed by atoms with Gasteiger partial charge < -0.3 is 0 Å². The molecule has 0 atom stereocenters. The van der Waals surface area contributed by atoms with Crippen molar-refractivity contribution in [3.8, 4) is 0 Å². The molecule has 5 aromatic rings. The lowest BCUT2D eigenvalue weighted by molar-refractivity contribution is 0.610. The van der Waals surface area contributed by atoms with Crippen molar-refractivity contribution in [2.45, 2.75) is 38.6 Å². The van der Waals surface area contributed by atoms with E-state index in [1.807, 2.05) is 36.4 Å². The Balaban J connectivity index is 1.52. The van der Waals surface area contributed by atoms with E-state index in [-0.39, 0.29) is 5.56 Å². The molecule has 4 aromatic heterocycles. The summed E-state index contributed by atoms with van der Waals surface area (Å²) >= 11 is 0. The second kappa shape index (κ2) is 8.62. The molecule has 0 unspecified atom stereocenters. The van der Waals surface area contributed by atoms with Crippen molar-refractivity contribution in [1.29, 1.82) is 0 Å². The van der Waals surface area contributed by atoms with Crippen LogP contribution in [0.4, 0.5) is 0 Å². The number of benzene rings is 1. The van der Waals surface area contributed by atoms with E-state index in [2.05, 4.69) is 21.1 Å². The van der Waals surface area contributed by atoms with Gasteiger partial charge >= 0.3 is 0 Å². The van der Waals surface area contributed by atoms with Crippen LogP contribution in [0.15, 0.2) is 76.7 Å². The molecule has 0 fully saturated rings. The molecule has 0 aliphatic heterocycles. The minimum atomic E-state index is -0.119. The summed E-state index contributed by atoms with van der Waals surface area (Å²) < 4.78 is 3.29. The highest BCUT2D eigenvalue weighted by molar-refractivity contribution is 6.04. The Kier molecular flexibility index (Phi) is 5.18. The lowest BCUT2D eigenvalue weighted by atomic mass is 9.97. The maximum atomic E-state index is 13.6. The Morgan fingerprint density at radius 1 is 1.03 bits per heavy atom. The van der Waals surface area contributed by atoms with Crippen LogP contribution in [0.5, 0.6) is 0 Å². The van der Waals surface area contributed by atoms with E-state index in [0.717, 1.165) is 35.9 Å². The summed E-state index contributed by atoms with van der Waals surface area (Å²) in [6, 6.07) is 11.4. The predicted octanol–water partition coefficient (Wildman–Crippen LogP) is 4.46. The van der Waals surface area contributed by atoms with Crippen molar-refractivity contribution in [3.63, 3.8) is 0 Å². The van der Waals surface area contributed by atoms with Crippen molar-refractivity contribution in [2.75, 3.05) is 0 Å². The summed E-state index contributed by atoms with van der Waals surface area (Å²) in [6.07, 6.45) is 14.6. The van der Waals surface area contributed by atoms with Gasteiger partial charge in [-0.25, -0.2) is 15.0 Å². The van der Waals surface area contributed by atoms with Crippen LogP contribution >= 0.6 is 0 Å². The van der Waals surface area contributed by atoms with Crippen molar-refractivity contribution in [1.82, 2.24) is 29.2 Å². The van der Waals surface area contributed by atoms with Crippen molar-refractivity contribution < 1.29 is 0 Å². The molecular weight excluding hydrogens is 426 g/mol. The largest absolute Gasteiger partial charge is 0.298 e. The Labute approximate surface area is 195 Å². The highest BCUT2D eigenvalue weighted by Gasteiger charge is 2.20. The second-order valence-corrected chi connectivity index (χ2v) is 8.53. The number of nitrogens with zero attached hydrogens (tertiary/aromatic N) is 7. The molecule has 1 aromatic carbocycles. The van der Waals surface area contributed by atoms with E-state index in [9.17, 15) is 4.79 Å². The molecule has 8 heteroatoms. The zero-order valence-electron chi connectivity index (χ0n) is 18.6. The third-order valence-electron chi connectivity index (χ3n) is 6.27. The van der Waals surface area contributed by atoms with E-state index >= 15 is 0 Å². The molecule has 0 N–H and O–H groups in total. The fourth-order valence-corrected chi connectivity index (χ4v) is 4.50. The first-order valence-electron chi connectivity index (χ1n) is 11.6. The summed E-state index contributed by atoms with van der Waals surface area (Å²) in [5.74, 6) is 0. The lowest BCUT2D eigenvalue weighted by Crippen LogP contribution is -2.21. The number of hydrogen-bond donors (Lipinski definition) is 0. The number of rotatable bonds is 5. The van der Waals surface area contributed by atoms with Gasteiger partial charge in [-0.2, -0.15) is 9.78 Å².